The van der Waals surface area contributed by atoms with Crippen molar-refractivity contribution in [2.45, 2.75) is 6.54 Å². The van der Waals surface area contributed by atoms with E-state index in [9.17, 15) is 4.79 Å². The molecule has 0 bridgehead atoms. The molecule has 4 rings (SSSR count). The van der Waals surface area contributed by atoms with Gasteiger partial charge in [0.2, 0.25) is 0 Å². The minimum Gasteiger partial charge on any atom is -0.342 e. The number of carbonyl (C=O) groups is 1. The molecular formula is C19H14ClN3OS. The van der Waals surface area contributed by atoms with Crippen molar-refractivity contribution in [3.8, 4) is 0 Å². The SMILES string of the molecule is O=C(Nc1nccs1)c1cn(Cc2ccc(Cl)cc2)c2ccccc12. The van der Waals surface area contributed by atoms with Gasteiger partial charge in [-0.25, -0.2) is 4.98 Å². The number of nitrogens with one attached hydrogen (secondary N) is 1. The number of halogens is 1. The molecule has 25 heavy (non-hydrogen) atoms. The molecular weight excluding hydrogens is 354 g/mol. The highest BCUT2D eigenvalue weighted by Crippen LogP contribution is 2.24. The molecule has 124 valence electrons. The van der Waals surface area contributed by atoms with Gasteiger partial charge in [0.15, 0.2) is 5.13 Å². The molecule has 4 nitrogen and oxygen atoms in total. The molecule has 6 heteroatoms. The van der Waals surface area contributed by atoms with Gasteiger partial charge in [0.1, 0.15) is 0 Å². The Morgan fingerprint density at radius 3 is 2.72 bits per heavy atom. The fourth-order valence-electron chi connectivity index (χ4n) is 2.79. The number of benzene rings is 2. The molecule has 0 spiro atoms. The summed E-state index contributed by atoms with van der Waals surface area (Å²) in [6.45, 7) is 0.669. The average molecular weight is 368 g/mol. The molecule has 2 heterocycles. The van der Waals surface area contributed by atoms with Gasteiger partial charge < -0.3 is 4.57 Å². The van der Waals surface area contributed by atoms with Crippen LogP contribution in [-0.4, -0.2) is 15.5 Å². The smallest absolute Gasteiger partial charge is 0.259 e. The van der Waals surface area contributed by atoms with Gasteiger partial charge >= 0.3 is 0 Å². The Bertz CT molecular complexity index is 1020. The van der Waals surface area contributed by atoms with E-state index in [2.05, 4.69) is 14.9 Å². The molecule has 0 fully saturated rings. The lowest BCUT2D eigenvalue weighted by Gasteiger charge is -2.05. The van der Waals surface area contributed by atoms with Gasteiger partial charge in [-0.2, -0.15) is 0 Å². The summed E-state index contributed by atoms with van der Waals surface area (Å²) in [5.74, 6) is -0.152. The first-order valence-electron chi connectivity index (χ1n) is 7.74. The number of nitrogens with zero attached hydrogens (tertiary/aromatic N) is 2. The molecule has 0 aliphatic heterocycles. The van der Waals surface area contributed by atoms with Crippen molar-refractivity contribution in [3.05, 3.63) is 82.5 Å². The van der Waals surface area contributed by atoms with Crippen LogP contribution in [0.25, 0.3) is 10.9 Å². The van der Waals surface area contributed by atoms with Gasteiger partial charge in [0, 0.05) is 40.2 Å². The Morgan fingerprint density at radius 1 is 1.16 bits per heavy atom. The molecule has 4 aromatic rings. The molecule has 0 unspecified atom stereocenters. The number of aromatic nitrogens is 2. The van der Waals surface area contributed by atoms with Gasteiger partial charge in [0.25, 0.3) is 5.91 Å². The van der Waals surface area contributed by atoms with Crippen LogP contribution in [0, 0.1) is 0 Å². The maximum Gasteiger partial charge on any atom is 0.259 e. The first-order valence-corrected chi connectivity index (χ1v) is 8.99. The second kappa shape index (κ2) is 6.70. The number of rotatable bonds is 4. The largest absolute Gasteiger partial charge is 0.342 e. The van der Waals surface area contributed by atoms with E-state index in [1.165, 1.54) is 11.3 Å². The third-order valence-electron chi connectivity index (χ3n) is 3.95. The maximum absolute atomic E-state index is 12.7. The van der Waals surface area contributed by atoms with Gasteiger partial charge in [-0.3, -0.25) is 10.1 Å². The molecule has 0 saturated heterocycles. The van der Waals surface area contributed by atoms with Gasteiger partial charge in [-0.1, -0.05) is 41.9 Å². The molecule has 2 aromatic heterocycles. The summed E-state index contributed by atoms with van der Waals surface area (Å²) >= 11 is 7.36. The Morgan fingerprint density at radius 2 is 1.96 bits per heavy atom. The topological polar surface area (TPSA) is 46.9 Å². The van der Waals surface area contributed by atoms with E-state index < -0.39 is 0 Å². The third-order valence-corrected chi connectivity index (χ3v) is 4.89. The van der Waals surface area contributed by atoms with E-state index in [1.54, 1.807) is 6.20 Å². The van der Waals surface area contributed by atoms with Crippen LogP contribution in [0.4, 0.5) is 5.13 Å². The van der Waals surface area contributed by atoms with E-state index in [-0.39, 0.29) is 5.91 Å². The van der Waals surface area contributed by atoms with E-state index in [0.29, 0.717) is 22.3 Å². The van der Waals surface area contributed by atoms with Crippen molar-refractivity contribution in [1.29, 1.82) is 0 Å². The fourth-order valence-corrected chi connectivity index (χ4v) is 3.44. The minimum absolute atomic E-state index is 0.152. The molecule has 0 aliphatic carbocycles. The number of fused-ring (bicyclic) bond motifs is 1. The van der Waals surface area contributed by atoms with E-state index in [0.717, 1.165) is 16.5 Å². The Kier molecular flexibility index (Phi) is 4.26. The lowest BCUT2D eigenvalue weighted by atomic mass is 10.1. The van der Waals surface area contributed by atoms with Crippen LogP contribution in [0.15, 0.2) is 66.3 Å². The Labute approximate surface area is 153 Å². The standard InChI is InChI=1S/C19H14ClN3OS/c20-14-7-5-13(6-8-14)11-23-12-16(15-3-1-2-4-17(15)23)18(24)22-19-21-9-10-25-19/h1-10,12H,11H2,(H,21,22,24). The van der Waals surface area contributed by atoms with Crippen LogP contribution in [0.1, 0.15) is 15.9 Å². The van der Waals surface area contributed by atoms with E-state index in [4.69, 9.17) is 11.6 Å². The van der Waals surface area contributed by atoms with Crippen molar-refractivity contribution in [2.75, 3.05) is 5.32 Å². The third kappa shape index (κ3) is 3.29. The molecule has 1 amide bonds. The summed E-state index contributed by atoms with van der Waals surface area (Å²) in [6, 6.07) is 15.6. The van der Waals surface area contributed by atoms with Crippen molar-refractivity contribution in [2.24, 2.45) is 0 Å². The number of anilines is 1. The second-order valence-corrected chi connectivity index (χ2v) is 6.94. The predicted molar refractivity (Wildman–Crippen MR) is 103 cm³/mol. The number of amides is 1. The monoisotopic (exact) mass is 367 g/mol. The van der Waals surface area contributed by atoms with Crippen LogP contribution in [0.2, 0.25) is 5.02 Å². The number of para-hydroxylation sites is 1. The molecule has 2 aromatic carbocycles. The summed E-state index contributed by atoms with van der Waals surface area (Å²) in [7, 11) is 0. The lowest BCUT2D eigenvalue weighted by molar-refractivity contribution is 0.102. The predicted octanol–water partition coefficient (Wildman–Crippen LogP) is 5.05. The quantitative estimate of drug-likeness (QED) is 0.548. The van der Waals surface area contributed by atoms with E-state index in [1.807, 2.05) is 60.1 Å². The Hall–Kier alpha value is -2.63. The normalized spacial score (nSPS) is 10.9. The van der Waals surface area contributed by atoms with E-state index >= 15 is 0 Å². The zero-order valence-electron chi connectivity index (χ0n) is 13.1. The number of hydrogen-bond donors (Lipinski definition) is 1. The Balaban J connectivity index is 1.70. The van der Waals surface area contributed by atoms with Gasteiger partial charge in [-0.05, 0) is 23.8 Å². The highest BCUT2D eigenvalue weighted by molar-refractivity contribution is 7.13. The molecule has 0 radical (unpaired) electrons. The van der Waals surface area contributed by atoms with Crippen molar-refractivity contribution in [1.82, 2.24) is 9.55 Å². The van der Waals surface area contributed by atoms with Gasteiger partial charge in [-0.15, -0.1) is 11.3 Å². The second-order valence-electron chi connectivity index (χ2n) is 5.61. The zero-order chi connectivity index (χ0) is 17.2. The van der Waals surface area contributed by atoms with Crippen LogP contribution >= 0.6 is 22.9 Å². The number of thiazole rings is 1. The van der Waals surface area contributed by atoms with Crippen molar-refractivity contribution < 1.29 is 4.79 Å². The fraction of sp³-hybridized carbons (Fsp3) is 0.0526. The first kappa shape index (κ1) is 15.9. The summed E-state index contributed by atoms with van der Waals surface area (Å²) in [5, 5.41) is 6.92. The molecule has 0 aliphatic rings. The zero-order valence-corrected chi connectivity index (χ0v) is 14.7. The number of carbonyl (C=O) groups excluding carboxylic acids is 1. The van der Waals surface area contributed by atoms with Gasteiger partial charge in [0.05, 0.1) is 5.56 Å². The summed E-state index contributed by atoms with van der Waals surface area (Å²) < 4.78 is 2.08. The minimum atomic E-state index is -0.152. The van der Waals surface area contributed by atoms with Crippen LogP contribution in [-0.2, 0) is 6.54 Å². The first-order chi connectivity index (χ1) is 12.2. The van der Waals surface area contributed by atoms with Crippen molar-refractivity contribution >= 4 is 44.9 Å². The highest BCUT2D eigenvalue weighted by Gasteiger charge is 2.16. The molecule has 1 N–H and O–H groups in total. The molecule has 0 atom stereocenters. The number of hydrogen-bond acceptors (Lipinski definition) is 3. The lowest BCUT2D eigenvalue weighted by Crippen LogP contribution is -2.11. The average Bonchev–Trinajstić information content (AvgIpc) is 3.25. The van der Waals surface area contributed by atoms with Crippen LogP contribution in [0.3, 0.4) is 0 Å². The highest BCUT2D eigenvalue weighted by atomic mass is 35.5. The molecule has 0 saturated carbocycles. The van der Waals surface area contributed by atoms with Crippen LogP contribution < -0.4 is 5.32 Å². The summed E-state index contributed by atoms with van der Waals surface area (Å²) in [5.41, 5.74) is 2.78. The summed E-state index contributed by atoms with van der Waals surface area (Å²) in [4.78, 5) is 16.8. The summed E-state index contributed by atoms with van der Waals surface area (Å²) in [6.07, 6.45) is 3.56. The van der Waals surface area contributed by atoms with Crippen molar-refractivity contribution in [3.63, 3.8) is 0 Å². The maximum atomic E-state index is 12.7. The van der Waals surface area contributed by atoms with Crippen LogP contribution in [0.5, 0.6) is 0 Å².